The van der Waals surface area contributed by atoms with Crippen LogP contribution in [0.5, 0.6) is 6.01 Å². The molecule has 3 aromatic rings. The molecule has 2 bridgehead atoms. The summed E-state index contributed by atoms with van der Waals surface area (Å²) in [6.07, 6.45) is 2.37. The minimum Gasteiger partial charge on any atom is -0.461 e. The molecule has 0 radical (unpaired) electrons. The van der Waals surface area contributed by atoms with Crippen molar-refractivity contribution >= 4 is 16.7 Å². The number of benzene rings is 1. The van der Waals surface area contributed by atoms with Crippen molar-refractivity contribution in [2.45, 2.75) is 68.7 Å². The Morgan fingerprint density at radius 1 is 1.05 bits per heavy atom. The number of piperazine rings is 1. The summed E-state index contributed by atoms with van der Waals surface area (Å²) in [7, 11) is 0. The first-order valence-corrected chi connectivity index (χ1v) is 14.2. The van der Waals surface area contributed by atoms with E-state index in [0.717, 1.165) is 64.7 Å². The molecule has 6 heterocycles. The highest BCUT2D eigenvalue weighted by Gasteiger charge is 2.45. The maximum absolute atomic E-state index is 16.3. The lowest BCUT2D eigenvalue weighted by atomic mass is 9.95. The van der Waals surface area contributed by atoms with Crippen molar-refractivity contribution in [1.29, 1.82) is 0 Å². The van der Waals surface area contributed by atoms with Crippen LogP contribution < -0.4 is 15.0 Å². The average Bonchev–Trinajstić information content (AvgIpc) is 3.61. The first kappa shape index (κ1) is 28.0. The molecule has 2 atom stereocenters. The number of ether oxygens (including phenoxy) is 1. The lowest BCUT2D eigenvalue weighted by molar-refractivity contribution is -0.127. The SMILES string of the molecule is F.Fc1c(-c2ccccc2CC(F)(F)F)ncc2c(N3CC4CCC(C3)N4)nc(OCC34CCCN3CCC4)nc12.[HH]. The second-order valence-corrected chi connectivity index (χ2v) is 11.7. The molecule has 1 aromatic carbocycles. The topological polar surface area (TPSA) is 66.4 Å². The minimum absolute atomic E-state index is 0. The lowest BCUT2D eigenvalue weighted by Gasteiger charge is -2.34. The van der Waals surface area contributed by atoms with Gasteiger partial charge in [0, 0.05) is 38.4 Å². The smallest absolute Gasteiger partial charge is 0.393 e. The largest absolute Gasteiger partial charge is 0.461 e. The average molecular weight is 579 g/mol. The molecular formula is C29H35F5N6O. The molecule has 4 aliphatic heterocycles. The van der Waals surface area contributed by atoms with Crippen LogP contribution in [0.2, 0.25) is 0 Å². The van der Waals surface area contributed by atoms with Gasteiger partial charge in [0.15, 0.2) is 5.82 Å². The Balaban J connectivity index is 0.00000176. The molecule has 222 valence electrons. The zero-order chi connectivity index (χ0) is 27.5. The second-order valence-electron chi connectivity index (χ2n) is 11.7. The van der Waals surface area contributed by atoms with Gasteiger partial charge >= 0.3 is 12.2 Å². The quantitative estimate of drug-likeness (QED) is 0.399. The molecule has 41 heavy (non-hydrogen) atoms. The number of nitrogens with one attached hydrogen (secondary N) is 1. The Kier molecular flexibility index (Phi) is 7.25. The van der Waals surface area contributed by atoms with E-state index >= 15 is 4.39 Å². The van der Waals surface area contributed by atoms with Gasteiger partial charge < -0.3 is 15.0 Å². The summed E-state index contributed by atoms with van der Waals surface area (Å²) in [6, 6.07) is 6.68. The number of aromatic nitrogens is 3. The highest BCUT2D eigenvalue weighted by Crippen LogP contribution is 2.40. The molecule has 2 aromatic heterocycles. The maximum atomic E-state index is 16.3. The normalized spacial score (nSPS) is 23.6. The molecule has 1 N–H and O–H groups in total. The Hall–Kier alpha value is -3.12. The molecule has 0 saturated carbocycles. The van der Waals surface area contributed by atoms with Gasteiger partial charge in [0.1, 0.15) is 23.6 Å². The zero-order valence-electron chi connectivity index (χ0n) is 22.6. The van der Waals surface area contributed by atoms with Crippen LogP contribution >= 0.6 is 0 Å². The summed E-state index contributed by atoms with van der Waals surface area (Å²) >= 11 is 0. The summed E-state index contributed by atoms with van der Waals surface area (Å²) < 4.78 is 62.5. The lowest BCUT2D eigenvalue weighted by Crippen LogP contribution is -2.51. The van der Waals surface area contributed by atoms with Crippen LogP contribution in [0.3, 0.4) is 0 Å². The van der Waals surface area contributed by atoms with Crippen molar-refractivity contribution in [2.75, 3.05) is 37.7 Å². The van der Waals surface area contributed by atoms with Crippen LogP contribution in [-0.4, -0.2) is 76.4 Å². The monoisotopic (exact) mass is 578 g/mol. The van der Waals surface area contributed by atoms with Crippen molar-refractivity contribution in [3.63, 3.8) is 0 Å². The fourth-order valence-corrected chi connectivity index (χ4v) is 7.27. The van der Waals surface area contributed by atoms with Crippen LogP contribution in [0.25, 0.3) is 22.2 Å². The fraction of sp³-hybridized carbons (Fsp3) is 0.552. The number of halogens is 5. The van der Waals surface area contributed by atoms with E-state index in [1.807, 2.05) is 0 Å². The standard InChI is InChI=1S/C29H32F4N6O.FH.H2/c30-23-24(21-6-2-1-5-18(21)13-29(31,32)33)34-14-22-25(23)36-27(40-17-28-9-3-11-39(28)12-4-10-28)37-26(22)38-15-19-7-8-20(16-38)35-19;;/h1-2,5-6,14,19-20,35H,3-4,7-13,15-17H2;2*1H. The van der Waals surface area contributed by atoms with Crippen LogP contribution in [0.4, 0.5) is 28.1 Å². The first-order valence-electron chi connectivity index (χ1n) is 14.2. The van der Waals surface area contributed by atoms with Gasteiger partial charge in [0.25, 0.3) is 0 Å². The van der Waals surface area contributed by atoms with Gasteiger partial charge in [0.05, 0.1) is 17.3 Å². The van der Waals surface area contributed by atoms with E-state index in [1.165, 1.54) is 24.4 Å². The Morgan fingerprint density at radius 2 is 1.76 bits per heavy atom. The van der Waals surface area contributed by atoms with Crippen LogP contribution in [0, 0.1) is 5.82 Å². The van der Waals surface area contributed by atoms with Crippen molar-refractivity contribution in [1.82, 2.24) is 25.2 Å². The molecule has 4 aliphatic rings. The van der Waals surface area contributed by atoms with Gasteiger partial charge in [-0.25, -0.2) is 4.39 Å². The molecule has 2 unspecified atom stereocenters. The van der Waals surface area contributed by atoms with E-state index in [4.69, 9.17) is 9.72 Å². The third kappa shape index (κ3) is 5.20. The highest BCUT2D eigenvalue weighted by atomic mass is 19.4. The van der Waals surface area contributed by atoms with E-state index in [9.17, 15) is 13.2 Å². The fourth-order valence-electron chi connectivity index (χ4n) is 7.27. The maximum Gasteiger partial charge on any atom is 0.393 e. The molecule has 7 rings (SSSR count). The first-order chi connectivity index (χ1) is 19.3. The highest BCUT2D eigenvalue weighted by molar-refractivity contribution is 5.92. The van der Waals surface area contributed by atoms with E-state index in [1.54, 1.807) is 6.07 Å². The number of alkyl halides is 3. The Labute approximate surface area is 236 Å². The van der Waals surface area contributed by atoms with Crippen molar-refractivity contribution in [3.05, 3.63) is 41.8 Å². The van der Waals surface area contributed by atoms with Gasteiger partial charge in [-0.2, -0.15) is 23.1 Å². The van der Waals surface area contributed by atoms with E-state index in [2.05, 4.69) is 25.1 Å². The van der Waals surface area contributed by atoms with E-state index < -0.39 is 18.4 Å². The number of pyridine rings is 1. The molecule has 0 amide bonds. The molecule has 0 spiro atoms. The summed E-state index contributed by atoms with van der Waals surface area (Å²) in [5.41, 5.74) is -0.101. The van der Waals surface area contributed by atoms with Gasteiger partial charge in [-0.05, 0) is 57.2 Å². The molecule has 12 heteroatoms. The molecule has 4 fully saturated rings. The number of rotatable bonds is 6. The van der Waals surface area contributed by atoms with Crippen LogP contribution in [-0.2, 0) is 6.42 Å². The number of hydrogen-bond donors (Lipinski definition) is 1. The molecule has 4 saturated heterocycles. The summed E-state index contributed by atoms with van der Waals surface area (Å²) in [4.78, 5) is 18.3. The van der Waals surface area contributed by atoms with E-state index in [-0.39, 0.29) is 40.0 Å². The summed E-state index contributed by atoms with van der Waals surface area (Å²) in [5, 5.41) is 4.04. The second kappa shape index (κ2) is 10.6. The Bertz CT molecular complexity index is 1420. The predicted octanol–water partition coefficient (Wildman–Crippen LogP) is 5.28. The molecule has 0 aliphatic carbocycles. The Morgan fingerprint density at radius 3 is 2.46 bits per heavy atom. The minimum atomic E-state index is -4.44. The number of nitrogens with zero attached hydrogens (tertiary/aromatic N) is 5. The van der Waals surface area contributed by atoms with Crippen molar-refractivity contribution in [2.24, 2.45) is 0 Å². The number of anilines is 1. The molecule has 7 nitrogen and oxygen atoms in total. The number of hydrogen-bond acceptors (Lipinski definition) is 7. The van der Waals surface area contributed by atoms with Gasteiger partial charge in [0.2, 0.25) is 0 Å². The summed E-state index contributed by atoms with van der Waals surface area (Å²) in [6.45, 7) is 3.98. The third-order valence-corrected chi connectivity index (χ3v) is 9.10. The van der Waals surface area contributed by atoms with Gasteiger partial charge in [-0.3, -0.25) is 14.6 Å². The zero-order valence-corrected chi connectivity index (χ0v) is 22.6. The van der Waals surface area contributed by atoms with Gasteiger partial charge in [-0.15, -0.1) is 0 Å². The van der Waals surface area contributed by atoms with Crippen molar-refractivity contribution in [3.8, 4) is 17.3 Å². The van der Waals surface area contributed by atoms with Gasteiger partial charge in [-0.1, -0.05) is 24.3 Å². The van der Waals surface area contributed by atoms with Crippen LogP contribution in [0.15, 0.2) is 30.5 Å². The van der Waals surface area contributed by atoms with Crippen LogP contribution in [0.1, 0.15) is 45.5 Å². The number of fused-ring (bicyclic) bond motifs is 4. The van der Waals surface area contributed by atoms with Crippen molar-refractivity contribution < 1.29 is 28.4 Å². The van der Waals surface area contributed by atoms with E-state index in [0.29, 0.717) is 29.9 Å². The molecular weight excluding hydrogens is 543 g/mol. The predicted molar refractivity (Wildman–Crippen MR) is 148 cm³/mol. The summed E-state index contributed by atoms with van der Waals surface area (Å²) in [5.74, 6) is -0.201. The third-order valence-electron chi connectivity index (χ3n) is 9.10.